The minimum absolute atomic E-state index is 0.0168. The fraction of sp³-hybridized carbons (Fsp3) is 0.417. The van der Waals surface area contributed by atoms with Crippen LogP contribution in [0.3, 0.4) is 0 Å². The first-order valence-corrected chi connectivity index (χ1v) is 11.0. The van der Waals surface area contributed by atoms with Crippen molar-refractivity contribution in [2.75, 3.05) is 4.90 Å². The number of alkyl halides is 3. The van der Waals surface area contributed by atoms with E-state index in [1.54, 1.807) is 0 Å². The molecule has 1 aliphatic carbocycles. The number of aryl methyl sites for hydroxylation is 3. The first-order valence-electron chi connectivity index (χ1n) is 11.0. The van der Waals surface area contributed by atoms with Crippen molar-refractivity contribution in [1.82, 2.24) is 19.7 Å². The zero-order valence-corrected chi connectivity index (χ0v) is 18.6. The van der Waals surface area contributed by atoms with Gasteiger partial charge in [0.2, 0.25) is 5.91 Å². The molecule has 1 saturated carbocycles. The fourth-order valence-corrected chi connectivity index (χ4v) is 5.34. The van der Waals surface area contributed by atoms with Crippen LogP contribution in [-0.4, -0.2) is 25.7 Å². The van der Waals surface area contributed by atoms with Crippen molar-refractivity contribution >= 4 is 11.7 Å². The van der Waals surface area contributed by atoms with Crippen LogP contribution in [0.4, 0.5) is 19.0 Å². The summed E-state index contributed by atoms with van der Waals surface area (Å²) in [7, 11) is 0. The molecule has 0 N–H and O–H groups in total. The Bertz CT molecular complexity index is 1240. The molecule has 172 valence electrons. The van der Waals surface area contributed by atoms with Crippen molar-refractivity contribution in [3.63, 3.8) is 0 Å². The molecule has 2 fully saturated rings. The number of fused-ring (bicyclic) bond motifs is 1. The summed E-state index contributed by atoms with van der Waals surface area (Å²) in [5, 5.41) is 8.72. The molecule has 1 aromatic carbocycles. The number of amides is 1. The quantitative estimate of drug-likeness (QED) is 0.551. The number of carbonyl (C=O) groups excluding carboxylic acids is 1. The number of rotatable bonds is 3. The molecule has 3 aromatic rings. The Balaban J connectivity index is 1.69. The molecule has 0 bridgehead atoms. The number of carbonyl (C=O) groups is 1. The predicted octanol–water partition coefficient (Wildman–Crippen LogP) is 5.11. The Hall–Kier alpha value is -3.23. The Labute approximate surface area is 189 Å². The van der Waals surface area contributed by atoms with Gasteiger partial charge in [0.05, 0.1) is 5.56 Å². The van der Waals surface area contributed by atoms with Gasteiger partial charge < -0.3 is 0 Å². The maximum Gasteiger partial charge on any atom is 0.416 e. The van der Waals surface area contributed by atoms with E-state index in [-0.39, 0.29) is 29.3 Å². The molecule has 1 amide bonds. The van der Waals surface area contributed by atoms with E-state index >= 15 is 0 Å². The van der Waals surface area contributed by atoms with E-state index in [9.17, 15) is 18.0 Å². The third-order valence-corrected chi connectivity index (χ3v) is 6.70. The molecule has 1 aliphatic heterocycles. The van der Waals surface area contributed by atoms with Gasteiger partial charge in [-0.3, -0.25) is 14.3 Å². The monoisotopic (exact) mass is 455 g/mol. The second-order valence-electron chi connectivity index (χ2n) is 8.99. The Morgan fingerprint density at radius 3 is 2.55 bits per heavy atom. The minimum atomic E-state index is -4.53. The average Bonchev–Trinajstić information content (AvgIpc) is 3.42. The maximum absolute atomic E-state index is 13.6. The molecule has 0 spiro atoms. The highest BCUT2D eigenvalue weighted by atomic mass is 19.4. The molecular weight excluding hydrogens is 431 g/mol. The molecule has 0 radical (unpaired) electrons. The highest BCUT2D eigenvalue weighted by molar-refractivity contribution is 5.98. The smallest absolute Gasteiger partial charge is 0.285 e. The third-order valence-electron chi connectivity index (χ3n) is 6.70. The summed E-state index contributed by atoms with van der Waals surface area (Å²) >= 11 is 0. The van der Waals surface area contributed by atoms with Crippen molar-refractivity contribution in [3.05, 3.63) is 64.9 Å². The van der Waals surface area contributed by atoms with Gasteiger partial charge in [-0.25, -0.2) is 4.98 Å². The summed E-state index contributed by atoms with van der Waals surface area (Å²) in [4.78, 5) is 19.3. The Kier molecular flexibility index (Phi) is 5.02. The van der Waals surface area contributed by atoms with Crippen LogP contribution >= 0.6 is 0 Å². The minimum Gasteiger partial charge on any atom is -0.285 e. The molecule has 33 heavy (non-hydrogen) atoms. The van der Waals surface area contributed by atoms with Gasteiger partial charge in [0, 0.05) is 17.3 Å². The topological polar surface area (TPSA) is 63.9 Å². The molecular formula is C24H24F3N5O. The number of anilines is 1. The molecule has 6 nitrogen and oxygen atoms in total. The lowest BCUT2D eigenvalue weighted by Gasteiger charge is -2.28. The van der Waals surface area contributed by atoms with Crippen LogP contribution in [0.25, 0.3) is 5.69 Å². The van der Waals surface area contributed by atoms with E-state index in [0.717, 1.165) is 36.2 Å². The number of benzene rings is 1. The largest absolute Gasteiger partial charge is 0.416 e. The molecule has 3 heterocycles. The highest BCUT2D eigenvalue weighted by Gasteiger charge is 2.53. The number of halogens is 3. The third kappa shape index (κ3) is 3.59. The lowest BCUT2D eigenvalue weighted by atomic mass is 9.93. The van der Waals surface area contributed by atoms with E-state index in [1.165, 1.54) is 11.8 Å². The second kappa shape index (κ2) is 7.67. The van der Waals surface area contributed by atoms with E-state index in [1.807, 2.05) is 42.7 Å². The van der Waals surface area contributed by atoms with Crippen LogP contribution in [0.15, 0.2) is 36.4 Å². The molecule has 3 unspecified atom stereocenters. The summed E-state index contributed by atoms with van der Waals surface area (Å²) in [6, 6.07) is 9.28. The van der Waals surface area contributed by atoms with Crippen LogP contribution in [0, 0.1) is 32.6 Å². The van der Waals surface area contributed by atoms with Gasteiger partial charge in [0.25, 0.3) is 0 Å². The zero-order valence-electron chi connectivity index (χ0n) is 18.6. The van der Waals surface area contributed by atoms with Crippen LogP contribution in [0.1, 0.15) is 53.8 Å². The first kappa shape index (κ1) is 21.6. The maximum atomic E-state index is 13.6. The van der Waals surface area contributed by atoms with Gasteiger partial charge in [0.1, 0.15) is 17.7 Å². The van der Waals surface area contributed by atoms with Crippen molar-refractivity contribution in [3.8, 4) is 5.69 Å². The Morgan fingerprint density at radius 2 is 1.82 bits per heavy atom. The van der Waals surface area contributed by atoms with Crippen molar-refractivity contribution in [2.24, 2.45) is 11.8 Å². The van der Waals surface area contributed by atoms with E-state index < -0.39 is 17.8 Å². The van der Waals surface area contributed by atoms with Gasteiger partial charge >= 0.3 is 6.18 Å². The lowest BCUT2D eigenvalue weighted by Crippen LogP contribution is -2.33. The zero-order chi connectivity index (χ0) is 23.5. The summed E-state index contributed by atoms with van der Waals surface area (Å²) in [5.41, 5.74) is 1.30. The molecule has 2 aromatic heterocycles. The van der Waals surface area contributed by atoms with E-state index in [2.05, 4.69) is 15.2 Å². The van der Waals surface area contributed by atoms with Crippen LogP contribution in [0.2, 0.25) is 0 Å². The molecule has 3 atom stereocenters. The van der Waals surface area contributed by atoms with Crippen molar-refractivity contribution in [1.29, 1.82) is 0 Å². The second-order valence-corrected chi connectivity index (χ2v) is 8.99. The predicted molar refractivity (Wildman–Crippen MR) is 116 cm³/mol. The summed E-state index contributed by atoms with van der Waals surface area (Å²) < 4.78 is 42.6. The van der Waals surface area contributed by atoms with Crippen molar-refractivity contribution < 1.29 is 18.0 Å². The molecule has 2 aliphatic rings. The molecule has 1 saturated heterocycles. The van der Waals surface area contributed by atoms with Crippen LogP contribution in [-0.2, 0) is 11.0 Å². The van der Waals surface area contributed by atoms with Gasteiger partial charge in [-0.2, -0.15) is 13.2 Å². The van der Waals surface area contributed by atoms with Crippen LogP contribution in [0.5, 0.6) is 0 Å². The number of hydrogen-bond donors (Lipinski definition) is 0. The first-order chi connectivity index (χ1) is 15.6. The Morgan fingerprint density at radius 1 is 1.03 bits per heavy atom. The highest BCUT2D eigenvalue weighted by Crippen LogP contribution is 2.51. The average molecular weight is 455 g/mol. The summed E-state index contributed by atoms with van der Waals surface area (Å²) in [5.74, 6) is 0.722. The number of pyridine rings is 1. The summed E-state index contributed by atoms with van der Waals surface area (Å²) in [6.45, 7) is 5.32. The van der Waals surface area contributed by atoms with Gasteiger partial charge in [-0.15, -0.1) is 10.2 Å². The number of nitrogens with zero attached hydrogens (tertiary/aromatic N) is 5. The van der Waals surface area contributed by atoms with Crippen molar-refractivity contribution in [2.45, 2.75) is 52.3 Å². The van der Waals surface area contributed by atoms with Crippen LogP contribution < -0.4 is 4.90 Å². The standard InChI is InChI=1S/C24H24F3N5O/c1-13-6-4-7-17(10-13)31-15(3)29-30-22(31)21-18-8-5-9-19(18)23(33)32(21)20-12-16(24(25,26)27)11-14(2)28-20/h4,6-7,10-12,18-19,21H,5,8-9H2,1-3H3. The van der Waals surface area contributed by atoms with Gasteiger partial charge in [-0.1, -0.05) is 18.6 Å². The van der Waals surface area contributed by atoms with Gasteiger partial charge in [-0.05, 0) is 69.4 Å². The molecule has 9 heteroatoms. The van der Waals surface area contributed by atoms with Gasteiger partial charge in [0.15, 0.2) is 5.82 Å². The lowest BCUT2D eigenvalue weighted by molar-refractivity contribution is -0.137. The molecule has 5 rings (SSSR count). The fourth-order valence-electron chi connectivity index (χ4n) is 5.34. The van der Waals surface area contributed by atoms with E-state index in [4.69, 9.17) is 0 Å². The normalized spacial score (nSPS) is 22.8. The van der Waals surface area contributed by atoms with E-state index in [0.29, 0.717) is 18.1 Å². The number of aromatic nitrogens is 4. The number of hydrogen-bond acceptors (Lipinski definition) is 4. The summed E-state index contributed by atoms with van der Waals surface area (Å²) in [6.07, 6.45) is -2.12. The SMILES string of the molecule is Cc1cccc(-n2c(C)nnc2C2C3CCCC3C(=O)N2c2cc(C(F)(F)F)cc(C)n2)c1.